The number of nitrogens with zero attached hydrogens (tertiary/aromatic N) is 1. The van der Waals surface area contributed by atoms with E-state index in [-0.39, 0.29) is 5.75 Å². The van der Waals surface area contributed by atoms with Crippen molar-refractivity contribution in [2.24, 2.45) is 0 Å². The van der Waals surface area contributed by atoms with Gasteiger partial charge < -0.3 is 19.5 Å². The molecule has 180 valence electrons. The van der Waals surface area contributed by atoms with Crippen LogP contribution in [-0.2, 0) is 18.6 Å². The van der Waals surface area contributed by atoms with E-state index in [4.69, 9.17) is 18.9 Å². The molecule has 0 radical (unpaired) electrons. The van der Waals surface area contributed by atoms with Crippen molar-refractivity contribution in [1.29, 1.82) is 0 Å². The van der Waals surface area contributed by atoms with Crippen LogP contribution < -0.4 is 20.9 Å². The number of aromatic nitrogens is 2. The molecule has 1 aliphatic rings. The third-order valence-corrected chi connectivity index (χ3v) is 6.56. The minimum absolute atomic E-state index is 0.104. The van der Waals surface area contributed by atoms with Gasteiger partial charge in [0.25, 0.3) is 5.56 Å². The number of aliphatic hydroxyl groups excluding tert-OH is 1. The number of carboxylic acids is 1. The molecule has 4 N–H and O–H groups in total. The smallest absolute Gasteiger partial charge is 0.459 e. The standard InChI is InChI=1S/C19H23FN3O9P/c1-11(16(26)27)22-33(29,32-12-6-4-3-5-7-12)30-10-13-15(25)19(2,20)17(31-13)23-9-8-14(24)21-18(23)28/h3-9,11,13,15,17,25H,10H2,1-2H3,(H,22,29)(H,26,27)(H,21,24,28)/t11-,13+,15+,17+,19+,33-/m0/s1. The number of aliphatic hydroxyl groups is 1. The van der Waals surface area contributed by atoms with Crippen molar-refractivity contribution in [3.63, 3.8) is 0 Å². The van der Waals surface area contributed by atoms with Crippen LogP contribution in [0.1, 0.15) is 20.1 Å². The summed E-state index contributed by atoms with van der Waals surface area (Å²) in [6.07, 6.45) is -3.87. The second-order valence-corrected chi connectivity index (χ2v) is 9.22. The number of ether oxygens (including phenoxy) is 1. The van der Waals surface area contributed by atoms with E-state index in [1.54, 1.807) is 18.2 Å². The molecule has 12 nitrogen and oxygen atoms in total. The van der Waals surface area contributed by atoms with Gasteiger partial charge in [0.05, 0.1) is 6.61 Å². The highest BCUT2D eigenvalue weighted by atomic mass is 31.2. The Morgan fingerprint density at radius 3 is 2.64 bits per heavy atom. The van der Waals surface area contributed by atoms with E-state index in [0.29, 0.717) is 0 Å². The van der Waals surface area contributed by atoms with Gasteiger partial charge in [-0.3, -0.25) is 23.7 Å². The Labute approximate surface area is 186 Å². The Bertz CT molecular complexity index is 1150. The zero-order valence-electron chi connectivity index (χ0n) is 17.6. The first-order valence-electron chi connectivity index (χ1n) is 9.77. The predicted octanol–water partition coefficient (Wildman–Crippen LogP) is 0.789. The number of hydrogen-bond acceptors (Lipinski definition) is 8. The van der Waals surface area contributed by atoms with E-state index in [0.717, 1.165) is 23.8 Å². The Hall–Kier alpha value is -2.83. The van der Waals surface area contributed by atoms with Crippen molar-refractivity contribution in [1.82, 2.24) is 14.6 Å². The Morgan fingerprint density at radius 1 is 1.36 bits per heavy atom. The van der Waals surface area contributed by atoms with Crippen molar-refractivity contribution >= 4 is 13.7 Å². The summed E-state index contributed by atoms with van der Waals surface area (Å²) in [5.74, 6) is -1.23. The van der Waals surface area contributed by atoms with Crippen molar-refractivity contribution in [2.45, 2.75) is 44.0 Å². The van der Waals surface area contributed by atoms with Gasteiger partial charge in [-0.05, 0) is 26.0 Å². The minimum Gasteiger partial charge on any atom is -0.480 e. The zero-order chi connectivity index (χ0) is 24.4. The van der Waals surface area contributed by atoms with Crippen LogP contribution >= 0.6 is 7.75 Å². The Balaban J connectivity index is 1.80. The van der Waals surface area contributed by atoms with E-state index in [1.165, 1.54) is 19.1 Å². The summed E-state index contributed by atoms with van der Waals surface area (Å²) < 4.78 is 45.4. The van der Waals surface area contributed by atoms with E-state index >= 15 is 4.39 Å². The van der Waals surface area contributed by atoms with Crippen LogP contribution in [0.3, 0.4) is 0 Å². The molecule has 0 aliphatic carbocycles. The molecule has 14 heteroatoms. The lowest BCUT2D eigenvalue weighted by molar-refractivity contribution is -0.138. The molecule has 2 heterocycles. The van der Waals surface area contributed by atoms with Crippen LogP contribution in [0.25, 0.3) is 0 Å². The molecule has 33 heavy (non-hydrogen) atoms. The molecule has 1 aromatic carbocycles. The average Bonchev–Trinajstić information content (AvgIpc) is 2.96. The van der Waals surface area contributed by atoms with Crippen LogP contribution in [0, 0.1) is 0 Å². The van der Waals surface area contributed by atoms with Crippen LogP contribution in [-0.4, -0.2) is 56.3 Å². The lowest BCUT2D eigenvalue weighted by atomic mass is 9.98. The molecule has 6 atom stereocenters. The third-order valence-electron chi connectivity index (χ3n) is 4.92. The van der Waals surface area contributed by atoms with Gasteiger partial charge in [0, 0.05) is 12.3 Å². The number of para-hydroxylation sites is 1. The minimum atomic E-state index is -4.34. The van der Waals surface area contributed by atoms with E-state index in [1.807, 2.05) is 4.98 Å². The number of halogens is 1. The normalized spacial score (nSPS) is 27.6. The summed E-state index contributed by atoms with van der Waals surface area (Å²) in [6, 6.07) is 7.41. The molecule has 0 saturated carbocycles. The molecule has 0 amide bonds. The summed E-state index contributed by atoms with van der Waals surface area (Å²) in [5.41, 5.74) is -4.16. The number of rotatable bonds is 9. The Morgan fingerprint density at radius 2 is 2.03 bits per heavy atom. The van der Waals surface area contributed by atoms with Gasteiger partial charge in [0.15, 0.2) is 11.9 Å². The number of carboxylic acid groups (broad SMARTS) is 1. The van der Waals surface area contributed by atoms with E-state index in [2.05, 4.69) is 5.09 Å². The second-order valence-electron chi connectivity index (χ2n) is 7.53. The number of carbonyl (C=O) groups is 1. The van der Waals surface area contributed by atoms with Gasteiger partial charge in [0.2, 0.25) is 0 Å². The highest BCUT2D eigenvalue weighted by Crippen LogP contribution is 2.47. The summed E-state index contributed by atoms with van der Waals surface area (Å²) in [6.45, 7) is 1.52. The summed E-state index contributed by atoms with van der Waals surface area (Å²) in [5, 5.41) is 21.8. The van der Waals surface area contributed by atoms with Crippen molar-refractivity contribution in [3.8, 4) is 5.75 Å². The fourth-order valence-corrected chi connectivity index (χ4v) is 4.64. The average molecular weight is 487 g/mol. The number of aromatic amines is 1. The number of hydrogen-bond donors (Lipinski definition) is 4. The predicted molar refractivity (Wildman–Crippen MR) is 112 cm³/mol. The molecule has 0 bridgehead atoms. The van der Waals surface area contributed by atoms with Crippen molar-refractivity contribution < 1.29 is 37.7 Å². The quantitative estimate of drug-likeness (QED) is 0.371. The number of alkyl halides is 1. The molecule has 2 aromatic rings. The van der Waals surface area contributed by atoms with Crippen LogP contribution in [0.2, 0.25) is 0 Å². The van der Waals surface area contributed by atoms with E-state index < -0.39 is 61.7 Å². The lowest BCUT2D eigenvalue weighted by Gasteiger charge is -2.25. The highest BCUT2D eigenvalue weighted by molar-refractivity contribution is 7.52. The van der Waals surface area contributed by atoms with E-state index in [9.17, 15) is 24.1 Å². The topological polar surface area (TPSA) is 169 Å². The molecule has 1 saturated heterocycles. The zero-order valence-corrected chi connectivity index (χ0v) is 18.5. The molecule has 1 aliphatic heterocycles. The molecule has 3 rings (SSSR count). The summed E-state index contributed by atoms with van der Waals surface area (Å²) in [7, 11) is -4.34. The first-order chi connectivity index (χ1) is 15.4. The first kappa shape index (κ1) is 24.8. The number of nitrogens with one attached hydrogen (secondary N) is 2. The molecule has 0 unspecified atom stereocenters. The summed E-state index contributed by atoms with van der Waals surface area (Å²) in [4.78, 5) is 36.5. The van der Waals surface area contributed by atoms with Gasteiger partial charge in [-0.25, -0.2) is 13.8 Å². The fraction of sp³-hybridized carbons (Fsp3) is 0.421. The summed E-state index contributed by atoms with van der Waals surface area (Å²) >= 11 is 0. The number of H-pyrrole nitrogens is 1. The molecular formula is C19H23FN3O9P. The van der Waals surface area contributed by atoms with Gasteiger partial charge >= 0.3 is 19.4 Å². The SMILES string of the molecule is C[C@H](N[P@](=O)(OC[C@H]1O[C@@H](n2ccc(=O)[nH]c2=O)[C@](C)(F)[C@@H]1O)Oc1ccccc1)C(=O)O. The second kappa shape index (κ2) is 9.57. The van der Waals surface area contributed by atoms with Crippen molar-refractivity contribution in [2.75, 3.05) is 6.61 Å². The molecular weight excluding hydrogens is 464 g/mol. The van der Waals surface area contributed by atoms with Crippen molar-refractivity contribution in [3.05, 3.63) is 63.4 Å². The molecule has 1 fully saturated rings. The van der Waals surface area contributed by atoms with Crippen LogP contribution in [0.15, 0.2) is 52.2 Å². The molecule has 1 aromatic heterocycles. The van der Waals surface area contributed by atoms with Crippen LogP contribution in [0.4, 0.5) is 4.39 Å². The first-order valence-corrected chi connectivity index (χ1v) is 11.3. The maximum absolute atomic E-state index is 15.3. The van der Waals surface area contributed by atoms with Gasteiger partial charge in [0.1, 0.15) is 24.0 Å². The van der Waals surface area contributed by atoms with Gasteiger partial charge in [-0.2, -0.15) is 5.09 Å². The lowest BCUT2D eigenvalue weighted by Crippen LogP contribution is -2.43. The highest BCUT2D eigenvalue weighted by Gasteiger charge is 2.55. The molecule has 0 spiro atoms. The number of benzene rings is 1. The monoisotopic (exact) mass is 487 g/mol. The number of aliphatic carboxylic acids is 1. The Kier molecular flexibility index (Phi) is 7.20. The van der Waals surface area contributed by atoms with Gasteiger partial charge in [-0.1, -0.05) is 18.2 Å². The van der Waals surface area contributed by atoms with Crippen LogP contribution in [0.5, 0.6) is 5.75 Å². The largest absolute Gasteiger partial charge is 0.480 e. The maximum Gasteiger partial charge on any atom is 0.459 e. The third kappa shape index (κ3) is 5.57. The maximum atomic E-state index is 15.3. The fourth-order valence-electron chi connectivity index (χ4n) is 3.14. The van der Waals surface area contributed by atoms with Gasteiger partial charge in [-0.15, -0.1) is 0 Å².